The Balaban J connectivity index is 2.39. The molecule has 1 atom stereocenters. The first-order chi connectivity index (χ1) is 8.06. The molecule has 17 heavy (non-hydrogen) atoms. The maximum absolute atomic E-state index is 13.1. The molecule has 1 unspecified atom stereocenters. The Morgan fingerprint density at radius 1 is 1.06 bits per heavy atom. The molecule has 0 bridgehead atoms. The molecule has 0 aliphatic carbocycles. The van der Waals surface area contributed by atoms with Gasteiger partial charge in [0.15, 0.2) is 0 Å². The van der Waals surface area contributed by atoms with E-state index in [4.69, 9.17) is 0 Å². The van der Waals surface area contributed by atoms with Gasteiger partial charge in [0, 0.05) is 11.4 Å². The number of aliphatic hydroxyl groups is 1. The highest BCUT2D eigenvalue weighted by Gasteiger charge is 2.12. The summed E-state index contributed by atoms with van der Waals surface area (Å²) in [7, 11) is 0. The fourth-order valence-electron chi connectivity index (χ4n) is 1.89. The summed E-state index contributed by atoms with van der Waals surface area (Å²) in [5, 5.41) is 10.2. The molecule has 0 radical (unpaired) electrons. The van der Waals surface area contributed by atoms with Crippen LogP contribution in [0.1, 0.15) is 28.6 Å². The van der Waals surface area contributed by atoms with Crippen molar-refractivity contribution in [2.45, 2.75) is 20.0 Å². The molecule has 2 nitrogen and oxygen atoms in total. The summed E-state index contributed by atoms with van der Waals surface area (Å²) in [5.74, 6) is -0.343. The Kier molecular flexibility index (Phi) is 3.20. The molecule has 0 spiro atoms. The van der Waals surface area contributed by atoms with Crippen molar-refractivity contribution in [1.29, 1.82) is 0 Å². The van der Waals surface area contributed by atoms with Gasteiger partial charge >= 0.3 is 0 Å². The Bertz CT molecular complexity index is 519. The zero-order valence-electron chi connectivity index (χ0n) is 9.81. The van der Waals surface area contributed by atoms with Crippen LogP contribution in [0.5, 0.6) is 0 Å². The number of aryl methyl sites for hydroxylation is 2. The monoisotopic (exact) mass is 231 g/mol. The second-order valence-corrected chi connectivity index (χ2v) is 4.14. The third kappa shape index (κ3) is 2.68. The second-order valence-electron chi connectivity index (χ2n) is 4.14. The summed E-state index contributed by atoms with van der Waals surface area (Å²) >= 11 is 0. The maximum atomic E-state index is 13.1. The Morgan fingerprint density at radius 3 is 2.29 bits per heavy atom. The van der Waals surface area contributed by atoms with E-state index < -0.39 is 6.10 Å². The van der Waals surface area contributed by atoms with Crippen LogP contribution in [-0.2, 0) is 0 Å². The molecule has 1 aromatic carbocycles. The maximum Gasteiger partial charge on any atom is 0.123 e. The minimum atomic E-state index is -0.814. The van der Waals surface area contributed by atoms with E-state index in [9.17, 15) is 9.50 Å². The smallest absolute Gasteiger partial charge is 0.123 e. The number of hydrogen-bond donors (Lipinski definition) is 1. The molecule has 88 valence electrons. The van der Waals surface area contributed by atoms with Crippen LogP contribution in [0.4, 0.5) is 4.39 Å². The summed E-state index contributed by atoms with van der Waals surface area (Å²) in [6, 6.07) is 9.62. The van der Waals surface area contributed by atoms with Crippen LogP contribution >= 0.6 is 0 Å². The SMILES string of the molecule is Cc1cc(C(O)c2cccc(F)c2)cc(C)n1. The molecule has 0 fully saturated rings. The molecular formula is C14H14FNO. The van der Waals surface area contributed by atoms with E-state index in [2.05, 4.69) is 4.98 Å². The van der Waals surface area contributed by atoms with Gasteiger partial charge in [0.25, 0.3) is 0 Å². The van der Waals surface area contributed by atoms with Crippen LogP contribution in [0.15, 0.2) is 36.4 Å². The first kappa shape index (κ1) is 11.7. The van der Waals surface area contributed by atoms with Gasteiger partial charge in [-0.2, -0.15) is 0 Å². The van der Waals surface area contributed by atoms with Gasteiger partial charge in [-0.3, -0.25) is 4.98 Å². The molecular weight excluding hydrogens is 217 g/mol. The van der Waals surface area contributed by atoms with Crippen LogP contribution in [0, 0.1) is 19.7 Å². The summed E-state index contributed by atoms with van der Waals surface area (Å²) in [6.45, 7) is 3.74. The number of aliphatic hydroxyl groups excluding tert-OH is 1. The van der Waals surface area contributed by atoms with E-state index in [1.54, 1.807) is 12.1 Å². The quantitative estimate of drug-likeness (QED) is 0.862. The summed E-state index contributed by atoms with van der Waals surface area (Å²) in [6.07, 6.45) is -0.814. The zero-order chi connectivity index (χ0) is 12.4. The largest absolute Gasteiger partial charge is 0.384 e. The molecule has 0 saturated carbocycles. The van der Waals surface area contributed by atoms with Crippen molar-refractivity contribution in [3.8, 4) is 0 Å². The molecule has 1 aromatic heterocycles. The fourth-order valence-corrected chi connectivity index (χ4v) is 1.89. The number of halogens is 1. The molecule has 1 N–H and O–H groups in total. The van der Waals surface area contributed by atoms with E-state index in [-0.39, 0.29) is 5.82 Å². The minimum Gasteiger partial charge on any atom is -0.384 e. The van der Waals surface area contributed by atoms with Gasteiger partial charge < -0.3 is 5.11 Å². The molecule has 3 heteroatoms. The van der Waals surface area contributed by atoms with Gasteiger partial charge in [0.1, 0.15) is 11.9 Å². The van der Waals surface area contributed by atoms with Crippen LogP contribution < -0.4 is 0 Å². The van der Waals surface area contributed by atoms with E-state index in [1.165, 1.54) is 12.1 Å². The third-order valence-corrected chi connectivity index (χ3v) is 2.58. The van der Waals surface area contributed by atoms with E-state index in [1.807, 2.05) is 26.0 Å². The van der Waals surface area contributed by atoms with Crippen LogP contribution in [0.3, 0.4) is 0 Å². The molecule has 0 aliphatic heterocycles. The van der Waals surface area contributed by atoms with Gasteiger partial charge in [-0.15, -0.1) is 0 Å². The van der Waals surface area contributed by atoms with Crippen molar-refractivity contribution in [2.75, 3.05) is 0 Å². The third-order valence-electron chi connectivity index (χ3n) is 2.58. The van der Waals surface area contributed by atoms with Crippen molar-refractivity contribution >= 4 is 0 Å². The van der Waals surface area contributed by atoms with Crippen LogP contribution in [0.25, 0.3) is 0 Å². The van der Waals surface area contributed by atoms with Crippen molar-refractivity contribution in [1.82, 2.24) is 4.98 Å². The van der Waals surface area contributed by atoms with Crippen molar-refractivity contribution < 1.29 is 9.50 Å². The highest BCUT2D eigenvalue weighted by molar-refractivity contribution is 5.31. The highest BCUT2D eigenvalue weighted by Crippen LogP contribution is 2.23. The Morgan fingerprint density at radius 2 is 1.71 bits per heavy atom. The predicted molar refractivity (Wildman–Crippen MR) is 64.2 cm³/mol. The lowest BCUT2D eigenvalue weighted by Crippen LogP contribution is -2.02. The number of hydrogen-bond acceptors (Lipinski definition) is 2. The molecule has 2 aromatic rings. The van der Waals surface area contributed by atoms with Gasteiger partial charge in [0.05, 0.1) is 0 Å². The van der Waals surface area contributed by atoms with Gasteiger partial charge in [-0.25, -0.2) is 4.39 Å². The molecule has 2 rings (SSSR count). The van der Waals surface area contributed by atoms with E-state index in [0.29, 0.717) is 5.56 Å². The lowest BCUT2D eigenvalue weighted by atomic mass is 10.0. The first-order valence-electron chi connectivity index (χ1n) is 5.45. The standard InChI is InChI=1S/C14H14FNO/c1-9-6-12(7-10(2)16-9)14(17)11-4-3-5-13(15)8-11/h3-8,14,17H,1-2H3. The lowest BCUT2D eigenvalue weighted by molar-refractivity contribution is 0.219. The Labute approximate surface area is 99.8 Å². The van der Waals surface area contributed by atoms with Crippen LogP contribution in [0.2, 0.25) is 0 Å². The Hall–Kier alpha value is -1.74. The topological polar surface area (TPSA) is 33.1 Å². The zero-order valence-corrected chi connectivity index (χ0v) is 9.81. The predicted octanol–water partition coefficient (Wildman–Crippen LogP) is 2.92. The average molecular weight is 231 g/mol. The normalized spacial score (nSPS) is 12.5. The molecule has 0 amide bonds. The van der Waals surface area contributed by atoms with E-state index in [0.717, 1.165) is 17.0 Å². The number of aromatic nitrogens is 1. The minimum absolute atomic E-state index is 0.343. The van der Waals surface area contributed by atoms with E-state index >= 15 is 0 Å². The van der Waals surface area contributed by atoms with Gasteiger partial charge in [0.2, 0.25) is 0 Å². The fraction of sp³-hybridized carbons (Fsp3) is 0.214. The van der Waals surface area contributed by atoms with Gasteiger partial charge in [-0.05, 0) is 49.2 Å². The average Bonchev–Trinajstić information content (AvgIpc) is 2.26. The van der Waals surface area contributed by atoms with Crippen LogP contribution in [-0.4, -0.2) is 10.1 Å². The second kappa shape index (κ2) is 4.63. The van der Waals surface area contributed by atoms with Crippen molar-refractivity contribution in [3.63, 3.8) is 0 Å². The number of pyridine rings is 1. The summed E-state index contributed by atoms with van der Waals surface area (Å²) in [4.78, 5) is 4.24. The van der Waals surface area contributed by atoms with Crippen molar-refractivity contribution in [3.05, 3.63) is 64.7 Å². The molecule has 1 heterocycles. The number of benzene rings is 1. The van der Waals surface area contributed by atoms with Gasteiger partial charge in [-0.1, -0.05) is 12.1 Å². The lowest BCUT2D eigenvalue weighted by Gasteiger charge is -2.12. The number of rotatable bonds is 2. The molecule has 0 aliphatic rings. The highest BCUT2D eigenvalue weighted by atomic mass is 19.1. The summed E-state index contributed by atoms with van der Waals surface area (Å²) in [5.41, 5.74) is 2.97. The van der Waals surface area contributed by atoms with Crippen molar-refractivity contribution in [2.24, 2.45) is 0 Å². The first-order valence-corrected chi connectivity index (χ1v) is 5.45. The molecule has 0 saturated heterocycles. The number of nitrogens with zero attached hydrogens (tertiary/aromatic N) is 1. The summed E-state index contributed by atoms with van der Waals surface area (Å²) < 4.78 is 13.1.